The van der Waals surface area contributed by atoms with Crippen molar-refractivity contribution < 1.29 is 0 Å². The van der Waals surface area contributed by atoms with Crippen LogP contribution in [0, 0.1) is 0 Å². The van der Waals surface area contributed by atoms with Crippen LogP contribution in [-0.4, -0.2) is 18.1 Å². The zero-order valence-corrected chi connectivity index (χ0v) is 11.4. The fraction of sp³-hybridized carbons (Fsp3) is 0.312. The van der Waals surface area contributed by atoms with E-state index in [1.54, 1.807) is 0 Å². The van der Waals surface area contributed by atoms with Gasteiger partial charge in [0.25, 0.3) is 0 Å². The monoisotopic (exact) mass is 253 g/mol. The highest BCUT2D eigenvalue weighted by Gasteiger charge is 2.27. The lowest BCUT2D eigenvalue weighted by molar-refractivity contribution is 0.748. The number of hydrogen-bond donors (Lipinski definition) is 1. The van der Waals surface area contributed by atoms with Crippen molar-refractivity contribution in [3.63, 3.8) is 0 Å². The fourth-order valence-corrected chi connectivity index (χ4v) is 2.78. The Kier molecular flexibility index (Phi) is 3.22. The Hall–Kier alpha value is -1.87. The quantitative estimate of drug-likeness (QED) is 0.911. The van der Waals surface area contributed by atoms with Gasteiger partial charge in [-0.3, -0.25) is 0 Å². The summed E-state index contributed by atoms with van der Waals surface area (Å²) in [6, 6.07) is 13.3. The molecule has 3 nitrogen and oxygen atoms in total. The molecule has 2 aromatic rings. The molecule has 19 heavy (non-hydrogen) atoms. The first-order chi connectivity index (χ1) is 9.29. The highest BCUT2D eigenvalue weighted by Crippen LogP contribution is 2.36. The molecule has 0 aliphatic carbocycles. The van der Waals surface area contributed by atoms with Gasteiger partial charge in [-0.25, -0.2) is 4.98 Å². The van der Waals surface area contributed by atoms with Crippen LogP contribution >= 0.6 is 0 Å². The minimum Gasteiger partial charge on any atom is -0.323 e. The molecule has 1 aliphatic heterocycles. The summed E-state index contributed by atoms with van der Waals surface area (Å²) in [5.41, 5.74) is 3.92. The molecule has 3 heteroatoms. The number of aromatic nitrogens is 1. The van der Waals surface area contributed by atoms with Gasteiger partial charge in [0.1, 0.15) is 5.82 Å². The molecule has 0 spiro atoms. The van der Waals surface area contributed by atoms with Crippen LogP contribution in [0.15, 0.2) is 42.6 Å². The Morgan fingerprint density at radius 2 is 2.11 bits per heavy atom. The van der Waals surface area contributed by atoms with Crippen LogP contribution in [0.3, 0.4) is 0 Å². The second-order valence-corrected chi connectivity index (χ2v) is 5.11. The van der Waals surface area contributed by atoms with Crippen molar-refractivity contribution in [1.82, 2.24) is 10.3 Å². The number of nitrogens with zero attached hydrogens (tertiary/aromatic N) is 2. The predicted molar refractivity (Wildman–Crippen MR) is 78.7 cm³/mol. The number of anilines is 2. The normalized spacial score (nSPS) is 17.6. The van der Waals surface area contributed by atoms with Gasteiger partial charge >= 0.3 is 0 Å². The van der Waals surface area contributed by atoms with Crippen molar-refractivity contribution >= 4 is 11.5 Å². The molecule has 1 aromatic carbocycles. The molecule has 0 saturated carbocycles. The molecule has 0 bridgehead atoms. The van der Waals surface area contributed by atoms with Gasteiger partial charge in [0.05, 0.1) is 0 Å². The zero-order valence-electron chi connectivity index (χ0n) is 11.4. The minimum atomic E-state index is 0.472. The number of fused-ring (bicyclic) bond motifs is 1. The largest absolute Gasteiger partial charge is 0.323 e. The standard InChI is InChI=1S/C16H19N3/c1-12-9-14-5-3-4-6-15(14)19(12)16-8-7-13(10-17-2)11-18-16/h3-8,11-12,17H,9-10H2,1-2H3. The third-order valence-corrected chi connectivity index (χ3v) is 3.64. The van der Waals surface area contributed by atoms with E-state index in [9.17, 15) is 0 Å². The van der Waals surface area contributed by atoms with Gasteiger partial charge in [-0.2, -0.15) is 0 Å². The summed E-state index contributed by atoms with van der Waals surface area (Å²) in [5.74, 6) is 1.04. The van der Waals surface area contributed by atoms with E-state index in [0.29, 0.717) is 6.04 Å². The minimum absolute atomic E-state index is 0.472. The number of nitrogens with one attached hydrogen (secondary N) is 1. The van der Waals surface area contributed by atoms with Gasteiger partial charge in [-0.05, 0) is 43.7 Å². The van der Waals surface area contributed by atoms with Crippen LogP contribution in [0.5, 0.6) is 0 Å². The molecule has 3 rings (SSSR count). The molecule has 0 radical (unpaired) electrons. The summed E-state index contributed by atoms with van der Waals surface area (Å²) >= 11 is 0. The van der Waals surface area contributed by atoms with Gasteiger partial charge in [0.2, 0.25) is 0 Å². The Labute approximate surface area is 114 Å². The van der Waals surface area contributed by atoms with E-state index in [4.69, 9.17) is 0 Å². The summed E-state index contributed by atoms with van der Waals surface area (Å²) in [4.78, 5) is 6.95. The van der Waals surface area contributed by atoms with Crippen LogP contribution in [0.1, 0.15) is 18.1 Å². The lowest BCUT2D eigenvalue weighted by atomic mass is 10.1. The average molecular weight is 253 g/mol. The second-order valence-electron chi connectivity index (χ2n) is 5.11. The lowest BCUT2D eigenvalue weighted by Gasteiger charge is -2.23. The van der Waals surface area contributed by atoms with Crippen molar-refractivity contribution in [2.24, 2.45) is 0 Å². The Morgan fingerprint density at radius 3 is 2.84 bits per heavy atom. The molecule has 0 amide bonds. The highest BCUT2D eigenvalue weighted by molar-refractivity contribution is 5.68. The summed E-state index contributed by atoms with van der Waals surface area (Å²) in [7, 11) is 1.95. The van der Waals surface area contributed by atoms with E-state index >= 15 is 0 Å². The van der Waals surface area contributed by atoms with E-state index < -0.39 is 0 Å². The molecule has 0 fully saturated rings. The second kappa shape index (κ2) is 5.02. The molecule has 1 atom stereocenters. The average Bonchev–Trinajstić information content (AvgIpc) is 2.76. The van der Waals surface area contributed by atoms with E-state index in [0.717, 1.165) is 18.8 Å². The summed E-state index contributed by atoms with van der Waals surface area (Å²) in [6.45, 7) is 3.11. The van der Waals surface area contributed by atoms with E-state index in [1.807, 2.05) is 13.2 Å². The number of benzene rings is 1. The van der Waals surface area contributed by atoms with Gasteiger partial charge in [0.15, 0.2) is 0 Å². The summed E-state index contributed by atoms with van der Waals surface area (Å²) < 4.78 is 0. The van der Waals surface area contributed by atoms with Crippen molar-refractivity contribution in [3.8, 4) is 0 Å². The van der Waals surface area contributed by atoms with Crippen molar-refractivity contribution in [2.45, 2.75) is 25.9 Å². The van der Waals surface area contributed by atoms with E-state index in [2.05, 4.69) is 58.5 Å². The lowest BCUT2D eigenvalue weighted by Crippen LogP contribution is -2.24. The number of hydrogen-bond acceptors (Lipinski definition) is 3. The Balaban J connectivity index is 1.93. The van der Waals surface area contributed by atoms with Crippen LogP contribution in [0.4, 0.5) is 11.5 Å². The van der Waals surface area contributed by atoms with Gasteiger partial charge in [0, 0.05) is 24.5 Å². The molecule has 1 unspecified atom stereocenters. The molecular weight excluding hydrogens is 234 g/mol. The molecule has 1 N–H and O–H groups in total. The van der Waals surface area contributed by atoms with Crippen molar-refractivity contribution in [3.05, 3.63) is 53.7 Å². The predicted octanol–water partition coefficient (Wildman–Crippen LogP) is 2.88. The fourth-order valence-electron chi connectivity index (χ4n) is 2.78. The molecule has 0 saturated heterocycles. The SMILES string of the molecule is CNCc1ccc(N2c3ccccc3CC2C)nc1. The topological polar surface area (TPSA) is 28.2 Å². The van der Waals surface area contributed by atoms with Crippen LogP contribution in [0.2, 0.25) is 0 Å². The van der Waals surface area contributed by atoms with E-state index in [1.165, 1.54) is 16.8 Å². The Morgan fingerprint density at radius 1 is 1.26 bits per heavy atom. The molecule has 2 heterocycles. The maximum Gasteiger partial charge on any atom is 0.133 e. The van der Waals surface area contributed by atoms with Crippen molar-refractivity contribution in [1.29, 1.82) is 0 Å². The first-order valence-corrected chi connectivity index (χ1v) is 6.76. The zero-order chi connectivity index (χ0) is 13.2. The van der Waals surface area contributed by atoms with Crippen LogP contribution in [-0.2, 0) is 13.0 Å². The molecular formula is C16H19N3. The van der Waals surface area contributed by atoms with Crippen LogP contribution < -0.4 is 10.2 Å². The Bertz CT molecular complexity index is 562. The van der Waals surface area contributed by atoms with Gasteiger partial charge in [-0.1, -0.05) is 24.3 Å². The smallest absolute Gasteiger partial charge is 0.133 e. The van der Waals surface area contributed by atoms with Gasteiger partial charge in [-0.15, -0.1) is 0 Å². The third kappa shape index (κ3) is 2.22. The first kappa shape index (κ1) is 12.2. The van der Waals surface area contributed by atoms with E-state index in [-0.39, 0.29) is 0 Å². The number of pyridine rings is 1. The number of para-hydroxylation sites is 1. The summed E-state index contributed by atoms with van der Waals surface area (Å²) in [5, 5.41) is 3.14. The molecule has 1 aliphatic rings. The third-order valence-electron chi connectivity index (χ3n) is 3.64. The number of rotatable bonds is 3. The highest BCUT2D eigenvalue weighted by atomic mass is 15.2. The van der Waals surface area contributed by atoms with Gasteiger partial charge < -0.3 is 10.2 Å². The maximum atomic E-state index is 4.61. The molecule has 98 valence electrons. The summed E-state index contributed by atoms with van der Waals surface area (Å²) in [6.07, 6.45) is 3.05. The van der Waals surface area contributed by atoms with Crippen molar-refractivity contribution in [2.75, 3.05) is 11.9 Å². The maximum absolute atomic E-state index is 4.61. The molecule has 1 aromatic heterocycles. The van der Waals surface area contributed by atoms with Crippen LogP contribution in [0.25, 0.3) is 0 Å². The first-order valence-electron chi connectivity index (χ1n) is 6.76.